The molecule has 0 amide bonds. The Balaban J connectivity index is 0.000000169. The molecular weight excluding hydrogens is 926 g/mol. The molecule has 6 aliphatic carbocycles. The molecule has 0 nitrogen and oxygen atoms in total. The fraction of sp³-hybridized carbons (Fsp3) is 0.393. The summed E-state index contributed by atoms with van der Waals surface area (Å²) in [5.41, 5.74) is 22.9. The Labute approximate surface area is 405 Å². The summed E-state index contributed by atoms with van der Waals surface area (Å²) in [6.45, 7) is 9.06. The Hall–Kier alpha value is -2.07. The molecule has 6 aliphatic rings. The number of fused-ring (bicyclic) bond motifs is 6. The van der Waals surface area contributed by atoms with Gasteiger partial charge in [-0.3, -0.25) is 0 Å². The Kier molecular flexibility index (Phi) is 19.7. The van der Waals surface area contributed by atoms with Gasteiger partial charge in [-0.1, -0.05) is 133 Å². The molecule has 0 spiro atoms. The Morgan fingerprint density at radius 2 is 0.833 bits per heavy atom. The molecule has 2 fully saturated rings. The van der Waals surface area contributed by atoms with Crippen LogP contribution in [0.3, 0.4) is 0 Å². The van der Waals surface area contributed by atoms with Crippen LogP contribution in [0.4, 0.5) is 0 Å². The van der Waals surface area contributed by atoms with Crippen molar-refractivity contribution < 1.29 is 73.3 Å². The van der Waals surface area contributed by atoms with Crippen LogP contribution < -0.4 is 24.8 Å². The van der Waals surface area contributed by atoms with E-state index in [1.807, 2.05) is 0 Å². The fourth-order valence-electron chi connectivity index (χ4n) is 9.90. The van der Waals surface area contributed by atoms with Gasteiger partial charge in [0.2, 0.25) is 0 Å². The van der Waals surface area contributed by atoms with Gasteiger partial charge in [-0.2, -0.15) is 0 Å². The normalized spacial score (nSPS) is 16.8. The number of halogens is 2. The van der Waals surface area contributed by atoms with Crippen LogP contribution in [0.5, 0.6) is 0 Å². The van der Waals surface area contributed by atoms with Crippen LogP contribution in [0.15, 0.2) is 107 Å². The summed E-state index contributed by atoms with van der Waals surface area (Å²) in [4.78, 5) is 0. The molecule has 0 heterocycles. The Morgan fingerprint density at radius 1 is 0.450 bits per heavy atom. The molecule has 0 radical (unpaired) electrons. The minimum atomic E-state index is 0. The molecule has 0 unspecified atom stereocenters. The molecule has 2 saturated carbocycles. The number of rotatable bonds is 6. The molecule has 4 aromatic carbocycles. The predicted molar refractivity (Wildman–Crippen MR) is 244 cm³/mol. The number of hydrogen-bond acceptors (Lipinski definition) is 0. The Morgan fingerprint density at radius 3 is 1.17 bits per heavy atom. The summed E-state index contributed by atoms with van der Waals surface area (Å²) in [6.07, 6.45) is 28.2. The maximum atomic E-state index is 3.73. The average molecular weight is 988 g/mol. The fourth-order valence-corrected chi connectivity index (χ4v) is 11.6. The van der Waals surface area contributed by atoms with Crippen LogP contribution in [0, 0.1) is 12.1 Å². The number of hydrogen-bond donors (Lipinski definition) is 0. The van der Waals surface area contributed by atoms with Gasteiger partial charge in [0.15, 0.2) is 0 Å². The van der Waals surface area contributed by atoms with Crippen LogP contribution >= 0.6 is 0 Å². The predicted octanol–water partition coefficient (Wildman–Crippen LogP) is 9.27. The van der Waals surface area contributed by atoms with E-state index in [0.717, 1.165) is 51.4 Å². The summed E-state index contributed by atoms with van der Waals surface area (Å²) < 4.78 is 3.61. The van der Waals surface area contributed by atoms with Crippen LogP contribution in [0.2, 0.25) is 0 Å². The molecule has 60 heavy (non-hydrogen) atoms. The van der Waals surface area contributed by atoms with Crippen molar-refractivity contribution in [3.05, 3.63) is 153 Å². The van der Waals surface area contributed by atoms with E-state index in [1.54, 1.807) is 66.0 Å². The van der Waals surface area contributed by atoms with Gasteiger partial charge in [-0.05, 0) is 62.5 Å². The van der Waals surface area contributed by atoms with Crippen molar-refractivity contribution in [2.24, 2.45) is 0 Å². The molecule has 0 atom stereocenters. The average Bonchev–Trinajstić information content (AvgIpc) is 4.06. The Bertz CT molecular complexity index is 2100. The van der Waals surface area contributed by atoms with E-state index in [-0.39, 0.29) is 24.8 Å². The molecule has 4 heteroatoms. The van der Waals surface area contributed by atoms with Gasteiger partial charge in [0.25, 0.3) is 0 Å². The molecule has 0 aliphatic heterocycles. The van der Waals surface area contributed by atoms with Gasteiger partial charge >= 0.3 is 119 Å². The van der Waals surface area contributed by atoms with Crippen LogP contribution in [0.25, 0.3) is 33.4 Å². The first-order valence-corrected chi connectivity index (χ1v) is 25.1. The standard InChI is InChI=1S/2C22H21.2C6H10.2ClH.2Zr/c2*1-3-15-9-11-21(19(15)4-2)17-10-12-22-18(14-17)13-16-7-5-6-8-20(16)22;2*1-2-4-6-5-3-1;;;;/h2*5-10,12H,3-4,11,13H2,1-2H3;2*1-5H2;2*1H;;/q2*-1;;;;;;/p-2. The van der Waals surface area contributed by atoms with Crippen LogP contribution in [-0.2, 0) is 61.3 Å². The van der Waals surface area contributed by atoms with Crippen molar-refractivity contribution in [1.29, 1.82) is 0 Å². The first kappa shape index (κ1) is 48.9. The second kappa shape index (κ2) is 24.1. The third kappa shape index (κ3) is 11.7. The monoisotopic (exact) mass is 984 g/mol. The minimum absolute atomic E-state index is 0. The summed E-state index contributed by atoms with van der Waals surface area (Å²) in [5, 5.41) is 0. The molecule has 0 bridgehead atoms. The first-order chi connectivity index (χ1) is 28.4. The molecule has 10 rings (SSSR count). The first-order valence-electron chi connectivity index (χ1n) is 22.6. The number of allylic oxidation sites excluding steroid dienone is 8. The summed E-state index contributed by atoms with van der Waals surface area (Å²) >= 11 is 3.38. The van der Waals surface area contributed by atoms with E-state index in [0.29, 0.717) is 0 Å². The SMILES string of the molecule is CCC1=CCC(c2[c-]c3c(cc2)-c2ccccc2C3)=C1CC.CCC1=CCC(c2[c-]c3c(cc2)-c2ccccc2C3)=C1CC.[Cl-].[Cl-].[Zr]=[C]1CCCCC1.[Zr]=[C]1CCCCC1. The topological polar surface area (TPSA) is 0 Å². The van der Waals surface area contributed by atoms with E-state index in [4.69, 9.17) is 0 Å². The van der Waals surface area contributed by atoms with Gasteiger partial charge < -0.3 is 24.8 Å². The van der Waals surface area contributed by atoms with Gasteiger partial charge in [0.05, 0.1) is 0 Å². The van der Waals surface area contributed by atoms with E-state index in [9.17, 15) is 0 Å². The zero-order valence-electron chi connectivity index (χ0n) is 36.6. The quantitative estimate of drug-likeness (QED) is 0.146. The molecule has 4 aromatic rings. The van der Waals surface area contributed by atoms with E-state index in [2.05, 4.69) is 125 Å². The third-order valence-corrected chi connectivity index (χ3v) is 15.5. The van der Waals surface area contributed by atoms with Crippen molar-refractivity contribution in [3.8, 4) is 22.3 Å². The van der Waals surface area contributed by atoms with E-state index >= 15 is 0 Å². The van der Waals surface area contributed by atoms with Crippen LogP contribution in [0.1, 0.15) is 164 Å². The van der Waals surface area contributed by atoms with Crippen molar-refractivity contribution in [1.82, 2.24) is 0 Å². The number of benzene rings is 4. The van der Waals surface area contributed by atoms with E-state index in [1.165, 1.54) is 142 Å². The van der Waals surface area contributed by atoms with Crippen molar-refractivity contribution in [2.45, 2.75) is 143 Å². The van der Waals surface area contributed by atoms with Crippen LogP contribution in [-0.4, -0.2) is 6.41 Å². The summed E-state index contributed by atoms with van der Waals surface area (Å²) in [5.74, 6) is 0. The summed E-state index contributed by atoms with van der Waals surface area (Å²) in [7, 11) is 0. The second-order valence-corrected chi connectivity index (χ2v) is 20.2. The third-order valence-electron chi connectivity index (χ3n) is 13.0. The second-order valence-electron chi connectivity index (χ2n) is 16.7. The zero-order chi connectivity index (χ0) is 40.4. The van der Waals surface area contributed by atoms with E-state index < -0.39 is 0 Å². The maximum absolute atomic E-state index is 3.73. The van der Waals surface area contributed by atoms with Gasteiger partial charge in [-0.25, -0.2) is 0 Å². The summed E-state index contributed by atoms with van der Waals surface area (Å²) in [6, 6.07) is 34.1. The van der Waals surface area contributed by atoms with Crippen molar-refractivity contribution >= 4 is 17.6 Å². The van der Waals surface area contributed by atoms with Gasteiger partial charge in [0.1, 0.15) is 0 Å². The van der Waals surface area contributed by atoms with Gasteiger partial charge in [-0.15, -0.1) is 69.8 Å². The van der Waals surface area contributed by atoms with Gasteiger partial charge in [0, 0.05) is 0 Å². The van der Waals surface area contributed by atoms with Crippen molar-refractivity contribution in [3.63, 3.8) is 0 Å². The molecule has 0 N–H and O–H groups in total. The van der Waals surface area contributed by atoms with Crippen molar-refractivity contribution in [2.75, 3.05) is 0 Å². The zero-order valence-corrected chi connectivity index (χ0v) is 43.0. The molecule has 0 aromatic heterocycles. The molecular formula is C56H62Cl2Zr2-4. The molecule has 312 valence electrons. The molecule has 0 saturated heterocycles.